The van der Waals surface area contributed by atoms with Crippen molar-refractivity contribution < 1.29 is 32.0 Å². The third-order valence-corrected chi connectivity index (χ3v) is 8.28. The fourth-order valence-electron chi connectivity index (χ4n) is 5.14. The van der Waals surface area contributed by atoms with Gasteiger partial charge >= 0.3 is 10.3 Å². The number of anilines is 1. The molecule has 0 unspecified atom stereocenters. The van der Waals surface area contributed by atoms with Crippen molar-refractivity contribution >= 4 is 33.2 Å². The fraction of sp³-hybridized carbons (Fsp3) is 0.760. The highest BCUT2D eigenvalue weighted by Crippen LogP contribution is 2.46. The summed E-state index contributed by atoms with van der Waals surface area (Å²) in [6.07, 6.45) is 12.5. The van der Waals surface area contributed by atoms with Gasteiger partial charge in [0, 0.05) is 6.42 Å². The van der Waals surface area contributed by atoms with Gasteiger partial charge in [0.25, 0.3) is 0 Å². The summed E-state index contributed by atoms with van der Waals surface area (Å²) in [7, 11) is -4.40. The van der Waals surface area contributed by atoms with E-state index in [2.05, 4.69) is 21.9 Å². The molecule has 1 amide bonds. The lowest BCUT2D eigenvalue weighted by Crippen LogP contribution is -2.47. The van der Waals surface area contributed by atoms with Crippen LogP contribution < -0.4 is 10.5 Å². The maximum Gasteiger partial charge on any atom is 0.362 e. The highest BCUT2D eigenvalue weighted by molar-refractivity contribution is 7.85. The quantitative estimate of drug-likeness (QED) is 0.239. The van der Waals surface area contributed by atoms with Gasteiger partial charge in [-0.05, 0) is 6.42 Å². The number of aromatic nitrogens is 4. The van der Waals surface area contributed by atoms with E-state index in [-0.39, 0.29) is 18.8 Å². The molecular formula is C25H40N6O7S. The number of nitrogens with two attached hydrogens (primary N) is 1. The van der Waals surface area contributed by atoms with Crippen LogP contribution in [-0.2, 0) is 28.8 Å². The molecule has 4 N–H and O–H groups in total. The number of aliphatic hydroxyl groups is 1. The standard InChI is InChI=1S/C25H40N6O7S/c1-2-3-4-5-6-7-8-9-10-11-12-13-18(32)30-39(34,35)37-15-25-14-36-20(21(25)33)24(38-25)31-17-29-19-22(26)27-16-28-23(19)31/h16-17,20-21,24,33H,2-15H2,1H3,(H,30,32)(H2,26,27,28)/t20-,21+,24-,25-/m1/s1. The van der Waals surface area contributed by atoms with E-state index in [0.717, 1.165) is 19.3 Å². The van der Waals surface area contributed by atoms with Gasteiger partial charge in [0.1, 0.15) is 36.3 Å². The van der Waals surface area contributed by atoms with Crippen LogP contribution >= 0.6 is 0 Å². The number of hydrogen-bond acceptors (Lipinski definition) is 11. The summed E-state index contributed by atoms with van der Waals surface area (Å²) in [6, 6.07) is 0. The molecule has 14 heteroatoms. The molecule has 218 valence electrons. The van der Waals surface area contributed by atoms with E-state index in [4.69, 9.17) is 19.4 Å². The lowest BCUT2D eigenvalue weighted by Gasteiger charge is -2.30. The largest absolute Gasteiger partial charge is 0.387 e. The molecule has 39 heavy (non-hydrogen) atoms. The number of ether oxygens (including phenoxy) is 2. The number of nitrogens with zero attached hydrogens (tertiary/aromatic N) is 4. The van der Waals surface area contributed by atoms with Crippen LogP contribution in [0.15, 0.2) is 12.7 Å². The third-order valence-electron chi connectivity index (χ3n) is 7.37. The number of nitrogen functional groups attached to an aromatic ring is 1. The molecule has 0 radical (unpaired) electrons. The highest BCUT2D eigenvalue weighted by Gasteiger charge is 2.62. The maximum atomic E-state index is 12.4. The van der Waals surface area contributed by atoms with Gasteiger partial charge in [-0.25, -0.2) is 19.7 Å². The van der Waals surface area contributed by atoms with Crippen molar-refractivity contribution in [1.82, 2.24) is 24.2 Å². The summed E-state index contributed by atoms with van der Waals surface area (Å²) in [4.78, 5) is 24.5. The first-order valence-electron chi connectivity index (χ1n) is 13.9. The second-order valence-electron chi connectivity index (χ2n) is 10.4. The minimum absolute atomic E-state index is 0.0821. The van der Waals surface area contributed by atoms with Crippen molar-refractivity contribution in [3.8, 4) is 0 Å². The van der Waals surface area contributed by atoms with Gasteiger partial charge in [-0.3, -0.25) is 13.5 Å². The van der Waals surface area contributed by atoms with Crippen molar-refractivity contribution in [1.29, 1.82) is 0 Å². The number of imidazole rings is 1. The number of aliphatic hydroxyl groups excluding tert-OH is 1. The van der Waals surface area contributed by atoms with Crippen LogP contribution in [-0.4, -0.2) is 70.0 Å². The van der Waals surface area contributed by atoms with Crippen LogP contribution in [0.5, 0.6) is 0 Å². The summed E-state index contributed by atoms with van der Waals surface area (Å²) in [5.41, 5.74) is 5.15. The fourth-order valence-corrected chi connectivity index (χ4v) is 5.94. The van der Waals surface area contributed by atoms with Crippen LogP contribution in [0.25, 0.3) is 11.2 Å². The van der Waals surface area contributed by atoms with E-state index in [0.29, 0.717) is 17.6 Å². The Balaban J connectivity index is 1.18. The zero-order valence-corrected chi connectivity index (χ0v) is 23.3. The van der Waals surface area contributed by atoms with Crippen LogP contribution in [0, 0.1) is 0 Å². The Labute approximate surface area is 229 Å². The monoisotopic (exact) mass is 568 g/mol. The molecule has 0 spiro atoms. The van der Waals surface area contributed by atoms with Crippen molar-refractivity contribution in [3.63, 3.8) is 0 Å². The maximum absolute atomic E-state index is 12.4. The van der Waals surface area contributed by atoms with Crippen LogP contribution in [0.2, 0.25) is 0 Å². The molecule has 0 aliphatic carbocycles. The van der Waals surface area contributed by atoms with Gasteiger partial charge in [-0.1, -0.05) is 71.1 Å². The van der Waals surface area contributed by atoms with Crippen molar-refractivity contribution in [2.24, 2.45) is 0 Å². The molecule has 4 rings (SSSR count). The number of hydrogen-bond donors (Lipinski definition) is 3. The summed E-state index contributed by atoms with van der Waals surface area (Å²) in [5, 5.41) is 10.8. The molecule has 4 heterocycles. The SMILES string of the molecule is CCCCCCCCCCCCCC(=O)NS(=O)(=O)OC[C@@]12CO[C@@H]([C@H](n3cnc4c(N)ncnc43)O1)[C@@H]2O. The number of carbonyl (C=O) groups is 1. The lowest BCUT2D eigenvalue weighted by atomic mass is 10.0. The number of rotatable bonds is 17. The molecule has 4 atom stereocenters. The van der Waals surface area contributed by atoms with Crippen LogP contribution in [0.3, 0.4) is 0 Å². The zero-order valence-electron chi connectivity index (χ0n) is 22.5. The molecule has 2 aliphatic rings. The zero-order chi connectivity index (χ0) is 27.9. The summed E-state index contributed by atoms with van der Waals surface area (Å²) in [6.45, 7) is 1.60. The average molecular weight is 569 g/mol. The van der Waals surface area contributed by atoms with Gasteiger partial charge in [0.05, 0.1) is 12.9 Å². The van der Waals surface area contributed by atoms with Gasteiger partial charge in [0.2, 0.25) is 5.91 Å². The number of carbonyl (C=O) groups excluding carboxylic acids is 1. The Hall–Kier alpha value is -2.39. The van der Waals surface area contributed by atoms with Gasteiger partial charge in [-0.2, -0.15) is 8.42 Å². The van der Waals surface area contributed by atoms with Crippen molar-refractivity contribution in [3.05, 3.63) is 12.7 Å². The number of unbranched alkanes of at least 4 members (excludes halogenated alkanes) is 10. The van der Waals surface area contributed by atoms with Crippen molar-refractivity contribution in [2.75, 3.05) is 18.9 Å². The number of amides is 1. The van der Waals surface area contributed by atoms with Crippen LogP contribution in [0.1, 0.15) is 90.2 Å². The second kappa shape index (κ2) is 13.3. The molecule has 2 aromatic heterocycles. The third kappa shape index (κ3) is 7.23. The predicted molar refractivity (Wildman–Crippen MR) is 142 cm³/mol. The van der Waals surface area contributed by atoms with E-state index in [1.54, 1.807) is 4.57 Å². The normalized spacial score (nSPS) is 24.5. The minimum atomic E-state index is -4.40. The van der Waals surface area contributed by atoms with E-state index in [1.807, 2.05) is 4.72 Å². The van der Waals surface area contributed by atoms with Gasteiger partial charge in [-0.15, -0.1) is 0 Å². The molecule has 2 bridgehead atoms. The smallest absolute Gasteiger partial charge is 0.362 e. The van der Waals surface area contributed by atoms with Gasteiger partial charge < -0.3 is 20.3 Å². The Kier molecular flexibility index (Phi) is 10.1. The Bertz CT molecular complexity index is 1210. The summed E-state index contributed by atoms with van der Waals surface area (Å²) < 4.78 is 45.1. The van der Waals surface area contributed by atoms with E-state index < -0.39 is 46.9 Å². The number of fused-ring (bicyclic) bond motifs is 3. The second-order valence-corrected chi connectivity index (χ2v) is 11.8. The van der Waals surface area contributed by atoms with E-state index in [9.17, 15) is 18.3 Å². The first kappa shape index (κ1) is 29.6. The topological polar surface area (TPSA) is 181 Å². The minimum Gasteiger partial charge on any atom is -0.387 e. The average Bonchev–Trinajstić information content (AvgIpc) is 3.56. The van der Waals surface area contributed by atoms with E-state index >= 15 is 0 Å². The molecule has 2 aliphatic heterocycles. The molecular weight excluding hydrogens is 528 g/mol. The summed E-state index contributed by atoms with van der Waals surface area (Å²) >= 11 is 0. The number of nitrogens with one attached hydrogen (secondary N) is 1. The molecule has 2 fully saturated rings. The highest BCUT2D eigenvalue weighted by atomic mass is 32.2. The Morgan fingerprint density at radius 1 is 1.13 bits per heavy atom. The lowest BCUT2D eigenvalue weighted by molar-refractivity contribution is -0.182. The van der Waals surface area contributed by atoms with Crippen molar-refractivity contribution in [2.45, 2.75) is 108 Å². The van der Waals surface area contributed by atoms with Gasteiger partial charge in [0.15, 0.2) is 17.7 Å². The predicted octanol–water partition coefficient (Wildman–Crippen LogP) is 2.51. The summed E-state index contributed by atoms with van der Waals surface area (Å²) in [5.74, 6) is -0.437. The Morgan fingerprint density at radius 2 is 1.79 bits per heavy atom. The van der Waals surface area contributed by atoms with E-state index in [1.165, 1.54) is 57.6 Å². The molecule has 0 saturated carbocycles. The first-order valence-corrected chi connectivity index (χ1v) is 15.3. The molecule has 13 nitrogen and oxygen atoms in total. The molecule has 2 saturated heterocycles. The Morgan fingerprint density at radius 3 is 2.49 bits per heavy atom. The van der Waals surface area contributed by atoms with Crippen LogP contribution in [0.4, 0.5) is 5.82 Å². The molecule has 2 aromatic rings. The first-order chi connectivity index (χ1) is 18.8. The molecule has 0 aromatic carbocycles.